The van der Waals surface area contributed by atoms with Crippen LogP contribution in [0.25, 0.3) is 0 Å². The van der Waals surface area contributed by atoms with E-state index in [2.05, 4.69) is 10.2 Å². The first kappa shape index (κ1) is 14.3. The van der Waals surface area contributed by atoms with E-state index < -0.39 is 10.0 Å². The van der Waals surface area contributed by atoms with Gasteiger partial charge in [0, 0.05) is 12.2 Å². The van der Waals surface area contributed by atoms with Gasteiger partial charge in [-0.2, -0.15) is 0 Å². The van der Waals surface area contributed by atoms with Gasteiger partial charge in [-0.25, -0.2) is 13.6 Å². The molecule has 0 radical (unpaired) electrons. The van der Waals surface area contributed by atoms with E-state index in [-0.39, 0.29) is 4.90 Å². The fraction of sp³-hybridized carbons (Fsp3) is 0.538. The lowest BCUT2D eigenvalue weighted by Crippen LogP contribution is -2.22. The molecule has 0 aliphatic carbocycles. The molecule has 0 bridgehead atoms. The second kappa shape index (κ2) is 6.36. The second-order valence-corrected chi connectivity index (χ2v) is 6.46. The van der Waals surface area contributed by atoms with Crippen molar-refractivity contribution in [3.8, 4) is 0 Å². The average Bonchev–Trinajstić information content (AvgIpc) is 2.87. The standard InChI is InChI=1S/C13H21N3O2S/c14-19(17,18)13-6-4-12(5-7-13)15-8-3-11-16-9-1-2-10-16/h4-7,15H,1-3,8-11H2,(H2,14,17,18). The van der Waals surface area contributed by atoms with Crippen molar-refractivity contribution in [3.63, 3.8) is 0 Å². The van der Waals surface area contributed by atoms with Gasteiger partial charge in [0.15, 0.2) is 0 Å². The van der Waals surface area contributed by atoms with Gasteiger partial charge in [0.2, 0.25) is 10.0 Å². The Bertz CT molecular complexity index is 493. The minimum absolute atomic E-state index is 0.148. The van der Waals surface area contributed by atoms with Crippen molar-refractivity contribution in [3.05, 3.63) is 24.3 Å². The van der Waals surface area contributed by atoms with Crippen molar-refractivity contribution < 1.29 is 8.42 Å². The highest BCUT2D eigenvalue weighted by Crippen LogP contribution is 2.13. The fourth-order valence-corrected chi connectivity index (χ4v) is 2.82. The summed E-state index contributed by atoms with van der Waals surface area (Å²) in [5.74, 6) is 0. The van der Waals surface area contributed by atoms with Crippen LogP contribution in [-0.4, -0.2) is 39.5 Å². The van der Waals surface area contributed by atoms with E-state index in [9.17, 15) is 8.42 Å². The Morgan fingerprint density at radius 3 is 2.37 bits per heavy atom. The summed E-state index contributed by atoms with van der Waals surface area (Å²) in [7, 11) is -3.59. The van der Waals surface area contributed by atoms with Gasteiger partial charge in [-0.3, -0.25) is 0 Å². The number of hydrogen-bond donors (Lipinski definition) is 2. The monoisotopic (exact) mass is 283 g/mol. The number of nitrogens with one attached hydrogen (secondary N) is 1. The van der Waals surface area contributed by atoms with E-state index >= 15 is 0 Å². The molecule has 1 saturated heterocycles. The lowest BCUT2D eigenvalue weighted by molar-refractivity contribution is 0.337. The Hall–Kier alpha value is -1.11. The van der Waals surface area contributed by atoms with Gasteiger partial charge in [-0.15, -0.1) is 0 Å². The third kappa shape index (κ3) is 4.49. The quantitative estimate of drug-likeness (QED) is 0.770. The maximum Gasteiger partial charge on any atom is 0.238 e. The summed E-state index contributed by atoms with van der Waals surface area (Å²) in [4.78, 5) is 2.63. The summed E-state index contributed by atoms with van der Waals surface area (Å²) in [5.41, 5.74) is 0.925. The van der Waals surface area contributed by atoms with Crippen molar-refractivity contribution in [2.75, 3.05) is 31.5 Å². The molecule has 106 valence electrons. The average molecular weight is 283 g/mol. The van der Waals surface area contributed by atoms with E-state index in [0.717, 1.165) is 25.2 Å². The third-order valence-electron chi connectivity index (χ3n) is 3.36. The van der Waals surface area contributed by atoms with E-state index in [4.69, 9.17) is 5.14 Å². The number of nitrogens with zero attached hydrogens (tertiary/aromatic N) is 1. The van der Waals surface area contributed by atoms with Crippen molar-refractivity contribution in [2.24, 2.45) is 5.14 Å². The highest BCUT2D eigenvalue weighted by Gasteiger charge is 2.10. The van der Waals surface area contributed by atoms with Gasteiger partial charge < -0.3 is 10.2 Å². The van der Waals surface area contributed by atoms with Gasteiger partial charge in [0.05, 0.1) is 4.90 Å². The Kier molecular flexibility index (Phi) is 4.79. The molecule has 0 atom stereocenters. The molecule has 5 nitrogen and oxygen atoms in total. The van der Waals surface area contributed by atoms with Gasteiger partial charge in [0.1, 0.15) is 0 Å². The molecule has 0 spiro atoms. The first-order chi connectivity index (χ1) is 9.05. The van der Waals surface area contributed by atoms with Crippen molar-refractivity contribution in [1.29, 1.82) is 0 Å². The van der Waals surface area contributed by atoms with Crippen LogP contribution in [0, 0.1) is 0 Å². The summed E-state index contributed by atoms with van der Waals surface area (Å²) in [6.07, 6.45) is 3.74. The van der Waals surface area contributed by atoms with Crippen LogP contribution in [-0.2, 0) is 10.0 Å². The molecule has 2 rings (SSSR count). The van der Waals surface area contributed by atoms with Crippen LogP contribution in [0.5, 0.6) is 0 Å². The van der Waals surface area contributed by atoms with Gasteiger partial charge in [-0.05, 0) is 63.2 Å². The number of hydrogen-bond acceptors (Lipinski definition) is 4. The summed E-state index contributed by atoms with van der Waals surface area (Å²) >= 11 is 0. The van der Waals surface area contributed by atoms with Crippen molar-refractivity contribution in [1.82, 2.24) is 4.90 Å². The number of primary sulfonamides is 1. The van der Waals surface area contributed by atoms with Crippen molar-refractivity contribution in [2.45, 2.75) is 24.2 Å². The number of rotatable bonds is 6. The largest absolute Gasteiger partial charge is 0.385 e. The molecule has 1 fully saturated rings. The molecule has 3 N–H and O–H groups in total. The van der Waals surface area contributed by atoms with E-state index in [0.29, 0.717) is 0 Å². The van der Waals surface area contributed by atoms with E-state index in [1.54, 1.807) is 12.1 Å². The molecule has 6 heteroatoms. The maximum absolute atomic E-state index is 11.1. The van der Waals surface area contributed by atoms with Crippen LogP contribution in [0.2, 0.25) is 0 Å². The smallest absolute Gasteiger partial charge is 0.238 e. The van der Waals surface area contributed by atoms with E-state index in [1.165, 1.54) is 38.1 Å². The Balaban J connectivity index is 1.74. The minimum atomic E-state index is -3.59. The highest BCUT2D eigenvalue weighted by atomic mass is 32.2. The molecule has 0 saturated carbocycles. The zero-order chi connectivity index (χ0) is 13.7. The zero-order valence-electron chi connectivity index (χ0n) is 11.0. The molecule has 1 aromatic rings. The van der Waals surface area contributed by atoms with Crippen LogP contribution in [0.1, 0.15) is 19.3 Å². The number of benzene rings is 1. The Morgan fingerprint density at radius 1 is 1.16 bits per heavy atom. The van der Waals surface area contributed by atoms with Crippen LogP contribution in [0.3, 0.4) is 0 Å². The zero-order valence-corrected chi connectivity index (χ0v) is 11.8. The molecule has 19 heavy (non-hydrogen) atoms. The molecule has 1 aliphatic rings. The molecule has 1 aromatic carbocycles. The van der Waals surface area contributed by atoms with Crippen molar-refractivity contribution >= 4 is 15.7 Å². The van der Waals surface area contributed by atoms with Gasteiger partial charge in [-0.1, -0.05) is 0 Å². The topological polar surface area (TPSA) is 75.4 Å². The highest BCUT2D eigenvalue weighted by molar-refractivity contribution is 7.89. The first-order valence-electron chi connectivity index (χ1n) is 6.65. The molecular formula is C13H21N3O2S. The van der Waals surface area contributed by atoms with Crippen LogP contribution >= 0.6 is 0 Å². The number of anilines is 1. The predicted molar refractivity (Wildman–Crippen MR) is 76.6 cm³/mol. The van der Waals surface area contributed by atoms with Crippen LogP contribution in [0.15, 0.2) is 29.2 Å². The Morgan fingerprint density at radius 2 is 1.79 bits per heavy atom. The molecule has 1 aliphatic heterocycles. The van der Waals surface area contributed by atoms with Crippen LogP contribution in [0.4, 0.5) is 5.69 Å². The Labute approximate surface area is 114 Å². The summed E-state index contributed by atoms with van der Waals surface area (Å²) in [5, 5.41) is 8.33. The lowest BCUT2D eigenvalue weighted by Gasteiger charge is -2.14. The number of likely N-dealkylation sites (tertiary alicyclic amines) is 1. The summed E-state index contributed by atoms with van der Waals surface area (Å²) in [6, 6.07) is 6.54. The number of nitrogens with two attached hydrogens (primary N) is 1. The SMILES string of the molecule is NS(=O)(=O)c1ccc(NCCCN2CCCC2)cc1. The molecule has 1 heterocycles. The molecule has 0 unspecified atom stereocenters. The van der Waals surface area contributed by atoms with E-state index in [1.807, 2.05) is 0 Å². The normalized spacial score (nSPS) is 16.7. The minimum Gasteiger partial charge on any atom is -0.385 e. The van der Waals surface area contributed by atoms with Gasteiger partial charge in [0.25, 0.3) is 0 Å². The molecular weight excluding hydrogens is 262 g/mol. The second-order valence-electron chi connectivity index (χ2n) is 4.90. The molecule has 0 aromatic heterocycles. The number of sulfonamides is 1. The first-order valence-corrected chi connectivity index (χ1v) is 8.19. The summed E-state index contributed by atoms with van der Waals surface area (Å²) in [6.45, 7) is 4.47. The lowest BCUT2D eigenvalue weighted by atomic mass is 10.3. The van der Waals surface area contributed by atoms with Crippen LogP contribution < -0.4 is 10.5 Å². The fourth-order valence-electron chi connectivity index (χ4n) is 2.30. The maximum atomic E-state index is 11.1. The molecule has 0 amide bonds. The third-order valence-corrected chi connectivity index (χ3v) is 4.29. The van der Waals surface area contributed by atoms with Gasteiger partial charge >= 0.3 is 0 Å². The summed E-state index contributed by atoms with van der Waals surface area (Å²) < 4.78 is 22.2. The predicted octanol–water partition coefficient (Wildman–Crippen LogP) is 1.23.